The second-order valence-electron chi connectivity index (χ2n) is 11.4. The van der Waals surface area contributed by atoms with Crippen LogP contribution in [0.3, 0.4) is 0 Å². The van der Waals surface area contributed by atoms with Crippen LogP contribution in [0.25, 0.3) is 21.5 Å². The van der Waals surface area contributed by atoms with E-state index in [1.165, 1.54) is 6.07 Å². The third-order valence-electron chi connectivity index (χ3n) is 8.60. The average Bonchev–Trinajstić information content (AvgIpc) is 3.50. The largest absolute Gasteiger partial charge is 0.478 e. The monoisotopic (exact) mass is 602 g/mol. The number of thiazole rings is 1. The van der Waals surface area contributed by atoms with E-state index in [-0.39, 0.29) is 28.5 Å². The lowest BCUT2D eigenvalue weighted by Crippen LogP contribution is -2.52. The number of ether oxygens (including phenoxy) is 1. The van der Waals surface area contributed by atoms with Gasteiger partial charge in [-0.15, -0.1) is 0 Å². The summed E-state index contributed by atoms with van der Waals surface area (Å²) >= 11 is 14.2. The fourth-order valence-electron chi connectivity index (χ4n) is 6.60. The van der Waals surface area contributed by atoms with E-state index in [9.17, 15) is 19.4 Å². The van der Waals surface area contributed by atoms with Gasteiger partial charge in [-0.25, -0.2) is 9.18 Å². The molecule has 208 valence electrons. The van der Waals surface area contributed by atoms with Gasteiger partial charge in [-0.1, -0.05) is 45.8 Å². The zero-order chi connectivity index (χ0) is 27.8. The van der Waals surface area contributed by atoms with Gasteiger partial charge in [0.2, 0.25) is 0 Å². The van der Waals surface area contributed by atoms with Crippen LogP contribution in [0.1, 0.15) is 79.0 Å². The molecular weight excluding hydrogens is 578 g/mol. The van der Waals surface area contributed by atoms with Crippen molar-refractivity contribution in [3.05, 3.63) is 63.1 Å². The van der Waals surface area contributed by atoms with Crippen molar-refractivity contribution in [1.82, 2.24) is 10.1 Å². The molecule has 3 fully saturated rings. The molecule has 2 aromatic carbocycles. The number of hydrogen-bond acceptors (Lipinski definition) is 7. The maximum atomic E-state index is 14.4. The highest BCUT2D eigenvalue weighted by atomic mass is 35.5. The Morgan fingerprint density at radius 2 is 1.82 bits per heavy atom. The van der Waals surface area contributed by atoms with Crippen LogP contribution in [0, 0.1) is 11.2 Å². The number of aromatic nitrogens is 2. The molecule has 3 aliphatic carbocycles. The number of benzene rings is 2. The first-order valence-corrected chi connectivity index (χ1v) is 14.9. The Bertz CT molecular complexity index is 1630. The summed E-state index contributed by atoms with van der Waals surface area (Å²) in [5, 5.41) is 26.8. The molecule has 7 nitrogen and oxygen atoms in total. The third kappa shape index (κ3) is 4.38. The molecule has 0 atom stereocenters. The van der Waals surface area contributed by atoms with Crippen LogP contribution in [-0.2, 0) is 5.60 Å². The molecule has 4 aromatic rings. The van der Waals surface area contributed by atoms with Crippen LogP contribution >= 0.6 is 34.5 Å². The zero-order valence-electron chi connectivity index (χ0n) is 21.3. The Hall–Kier alpha value is -2.72. The summed E-state index contributed by atoms with van der Waals surface area (Å²) < 4.78 is 26.8. The van der Waals surface area contributed by atoms with Crippen LogP contribution in [-0.4, -0.2) is 32.4 Å². The quantitative estimate of drug-likeness (QED) is 0.230. The summed E-state index contributed by atoms with van der Waals surface area (Å²) in [5.74, 6) is -0.858. The van der Waals surface area contributed by atoms with Gasteiger partial charge in [-0.05, 0) is 81.0 Å². The average molecular weight is 603 g/mol. The van der Waals surface area contributed by atoms with Crippen molar-refractivity contribution in [3.63, 3.8) is 0 Å². The first-order chi connectivity index (χ1) is 19.1. The van der Waals surface area contributed by atoms with Gasteiger partial charge in [-0.2, -0.15) is 4.98 Å². The lowest BCUT2D eigenvalue weighted by molar-refractivity contribution is -0.156. The van der Waals surface area contributed by atoms with E-state index >= 15 is 0 Å². The molecule has 0 bridgehead atoms. The lowest BCUT2D eigenvalue weighted by Gasteiger charge is -2.56. The molecular formula is C29H25Cl2FN2O5S. The predicted octanol–water partition coefficient (Wildman–Crippen LogP) is 7.96. The van der Waals surface area contributed by atoms with Gasteiger partial charge in [0.25, 0.3) is 5.19 Å². The standard InChI is InChI=1S/C29H25Cl2FN2O5S/c30-17-2-1-3-18(31)21(17)24-22(25(39-34-24)14-4-5-14)29(37)12-28(13-29)8-6-16(7-9-28)38-27-33-23-19(32)10-15(26(35)36)11-20(23)40-27/h1-3,10-11,14,16,37H,4-9,12-13H2,(H,35,36). The molecule has 2 heterocycles. The van der Waals surface area contributed by atoms with E-state index in [1.54, 1.807) is 18.2 Å². The highest BCUT2D eigenvalue weighted by molar-refractivity contribution is 7.20. The number of aromatic carboxylic acids is 1. The minimum absolute atomic E-state index is 0.0235. The molecule has 2 N–H and O–H groups in total. The Morgan fingerprint density at radius 1 is 1.12 bits per heavy atom. The van der Waals surface area contributed by atoms with Gasteiger partial charge < -0.3 is 19.5 Å². The highest BCUT2D eigenvalue weighted by Gasteiger charge is 2.58. The number of aliphatic hydroxyl groups is 1. The van der Waals surface area contributed by atoms with E-state index in [1.807, 2.05) is 0 Å². The molecule has 7 rings (SSSR count). The van der Waals surface area contributed by atoms with E-state index in [0.717, 1.165) is 67.3 Å². The number of carboxylic acid groups (broad SMARTS) is 1. The van der Waals surface area contributed by atoms with Crippen LogP contribution in [0.5, 0.6) is 5.19 Å². The van der Waals surface area contributed by atoms with Gasteiger partial charge >= 0.3 is 5.97 Å². The van der Waals surface area contributed by atoms with Crippen molar-refractivity contribution >= 4 is 50.7 Å². The Balaban J connectivity index is 1.07. The minimum Gasteiger partial charge on any atom is -0.478 e. The normalized spacial score (nSPS) is 26.2. The smallest absolute Gasteiger partial charge is 0.335 e. The van der Waals surface area contributed by atoms with Crippen molar-refractivity contribution in [2.75, 3.05) is 0 Å². The Kier molecular flexibility index (Phi) is 6.16. The van der Waals surface area contributed by atoms with E-state index in [2.05, 4.69) is 10.1 Å². The minimum atomic E-state index is -1.19. The van der Waals surface area contributed by atoms with Crippen LogP contribution in [0.4, 0.5) is 4.39 Å². The Morgan fingerprint density at radius 3 is 2.48 bits per heavy atom. The molecule has 3 aliphatic rings. The number of hydrogen-bond donors (Lipinski definition) is 2. The van der Waals surface area contributed by atoms with Gasteiger partial charge in [0.05, 0.1) is 31.5 Å². The zero-order valence-corrected chi connectivity index (χ0v) is 23.6. The van der Waals surface area contributed by atoms with Crippen LogP contribution in [0.2, 0.25) is 10.0 Å². The number of halogens is 3. The second-order valence-corrected chi connectivity index (χ2v) is 13.2. The molecule has 11 heteroatoms. The Labute approximate surface area is 242 Å². The summed E-state index contributed by atoms with van der Waals surface area (Å²) in [6.45, 7) is 0. The van der Waals surface area contributed by atoms with Crippen molar-refractivity contribution in [2.24, 2.45) is 5.41 Å². The van der Waals surface area contributed by atoms with Crippen molar-refractivity contribution in [3.8, 4) is 16.5 Å². The maximum absolute atomic E-state index is 14.4. The first-order valence-electron chi connectivity index (χ1n) is 13.3. The van der Waals surface area contributed by atoms with Gasteiger partial charge in [0.15, 0.2) is 5.82 Å². The second kappa shape index (κ2) is 9.41. The van der Waals surface area contributed by atoms with E-state index in [0.29, 0.717) is 44.0 Å². The predicted molar refractivity (Wildman–Crippen MR) is 149 cm³/mol. The number of rotatable bonds is 6. The number of fused-ring (bicyclic) bond motifs is 1. The van der Waals surface area contributed by atoms with Crippen molar-refractivity contribution in [1.29, 1.82) is 0 Å². The highest BCUT2D eigenvalue weighted by Crippen LogP contribution is 2.64. The van der Waals surface area contributed by atoms with Crippen molar-refractivity contribution in [2.45, 2.75) is 69.0 Å². The lowest BCUT2D eigenvalue weighted by atomic mass is 9.51. The van der Waals surface area contributed by atoms with Crippen LogP contribution < -0.4 is 4.74 Å². The molecule has 2 aromatic heterocycles. The number of nitrogens with zero attached hydrogens (tertiary/aromatic N) is 2. The molecule has 0 amide bonds. The summed E-state index contributed by atoms with van der Waals surface area (Å²) in [6.07, 6.45) is 6.39. The van der Waals surface area contributed by atoms with E-state index < -0.39 is 17.4 Å². The molecule has 1 spiro atoms. The SMILES string of the molecule is O=C(O)c1cc(F)c2nc(OC3CCC4(CC3)CC(O)(c3c(-c5c(Cl)cccc5Cl)noc3C3CC3)C4)sc2c1. The molecule has 0 radical (unpaired) electrons. The maximum Gasteiger partial charge on any atom is 0.335 e. The molecule has 0 unspecified atom stereocenters. The number of carboxylic acids is 1. The van der Waals surface area contributed by atoms with Gasteiger partial charge in [0, 0.05) is 11.5 Å². The summed E-state index contributed by atoms with van der Waals surface area (Å²) in [7, 11) is 0. The molecule has 3 saturated carbocycles. The van der Waals surface area contributed by atoms with Crippen LogP contribution in [0.15, 0.2) is 34.9 Å². The van der Waals surface area contributed by atoms with Gasteiger partial charge in [0.1, 0.15) is 23.1 Å². The van der Waals surface area contributed by atoms with Gasteiger partial charge in [-0.3, -0.25) is 0 Å². The fraction of sp³-hybridized carbons (Fsp3) is 0.414. The third-order valence-corrected chi connectivity index (χ3v) is 10.1. The van der Waals surface area contributed by atoms with E-state index in [4.69, 9.17) is 32.5 Å². The fourth-order valence-corrected chi connectivity index (χ4v) is 8.11. The molecule has 0 aliphatic heterocycles. The summed E-state index contributed by atoms with van der Waals surface area (Å²) in [6, 6.07) is 7.70. The topological polar surface area (TPSA) is 106 Å². The summed E-state index contributed by atoms with van der Waals surface area (Å²) in [5.41, 5.74) is 0.754. The summed E-state index contributed by atoms with van der Waals surface area (Å²) in [4.78, 5) is 15.5. The molecule has 40 heavy (non-hydrogen) atoms. The molecule has 0 saturated heterocycles. The number of carbonyl (C=O) groups is 1. The van der Waals surface area contributed by atoms with Crippen molar-refractivity contribution < 1.29 is 28.7 Å². The first kappa shape index (κ1) is 26.2.